The van der Waals surface area contributed by atoms with Gasteiger partial charge in [-0.25, -0.2) is 4.79 Å². The van der Waals surface area contributed by atoms with E-state index in [2.05, 4.69) is 5.32 Å². The van der Waals surface area contributed by atoms with Crippen molar-refractivity contribution < 1.29 is 23.9 Å². The van der Waals surface area contributed by atoms with Crippen molar-refractivity contribution in [2.24, 2.45) is 5.92 Å². The maximum atomic E-state index is 12.8. The number of nitrogens with zero attached hydrogens (tertiary/aromatic N) is 1. The molecule has 27 heavy (non-hydrogen) atoms. The van der Waals surface area contributed by atoms with Crippen LogP contribution in [0.15, 0.2) is 24.3 Å². The summed E-state index contributed by atoms with van der Waals surface area (Å²) < 4.78 is 10.5. The predicted molar refractivity (Wildman–Crippen MR) is 98.5 cm³/mol. The van der Waals surface area contributed by atoms with Crippen LogP contribution in [0.25, 0.3) is 0 Å². The topological polar surface area (TPSA) is 84.9 Å². The minimum absolute atomic E-state index is 0.0205. The molecule has 3 rings (SSSR count). The highest BCUT2D eigenvalue weighted by molar-refractivity contribution is 6.30. The lowest BCUT2D eigenvalue weighted by Gasteiger charge is -2.36. The Bertz CT molecular complexity index is 723. The third-order valence-electron chi connectivity index (χ3n) is 5.22. The number of carbonyl (C=O) groups excluding carboxylic acids is 3. The van der Waals surface area contributed by atoms with Crippen LogP contribution in [-0.2, 0) is 14.3 Å². The van der Waals surface area contributed by atoms with E-state index in [0.29, 0.717) is 17.2 Å². The van der Waals surface area contributed by atoms with Crippen LogP contribution < -0.4 is 10.1 Å². The third-order valence-corrected chi connectivity index (χ3v) is 5.47. The Balaban J connectivity index is 1.47. The molecule has 0 unspecified atom stereocenters. The number of ether oxygens (including phenoxy) is 2. The first-order valence-corrected chi connectivity index (χ1v) is 9.48. The molecule has 3 amide bonds. The SMILES string of the molecule is C[C@@H]1CCCC[C@]12NC(=O)N(CC(=O)OCCOc1ccc(Cl)cc1)C2=O. The van der Waals surface area contributed by atoms with Gasteiger partial charge in [0.2, 0.25) is 0 Å². The summed E-state index contributed by atoms with van der Waals surface area (Å²) in [5.74, 6) is -0.304. The molecule has 1 saturated carbocycles. The van der Waals surface area contributed by atoms with Crippen molar-refractivity contribution in [1.82, 2.24) is 10.2 Å². The molecule has 1 spiro atoms. The van der Waals surface area contributed by atoms with Crippen LogP contribution in [0.1, 0.15) is 32.6 Å². The van der Waals surface area contributed by atoms with E-state index in [1.54, 1.807) is 24.3 Å². The molecule has 0 aromatic heterocycles. The highest BCUT2D eigenvalue weighted by Gasteiger charge is 2.55. The second kappa shape index (κ2) is 8.17. The molecule has 2 aliphatic rings. The summed E-state index contributed by atoms with van der Waals surface area (Å²) in [5, 5.41) is 3.42. The number of urea groups is 1. The van der Waals surface area contributed by atoms with E-state index in [0.717, 1.165) is 24.2 Å². The Morgan fingerprint density at radius 2 is 2.00 bits per heavy atom. The molecule has 1 heterocycles. The average Bonchev–Trinajstić information content (AvgIpc) is 2.88. The van der Waals surface area contributed by atoms with Gasteiger partial charge >= 0.3 is 12.0 Å². The van der Waals surface area contributed by atoms with Gasteiger partial charge in [0.1, 0.15) is 31.0 Å². The van der Waals surface area contributed by atoms with Gasteiger partial charge in [-0.1, -0.05) is 31.4 Å². The number of rotatable bonds is 6. The normalized spacial score (nSPS) is 24.8. The van der Waals surface area contributed by atoms with E-state index in [1.165, 1.54) is 0 Å². The van der Waals surface area contributed by atoms with Crippen LogP contribution in [0.4, 0.5) is 4.79 Å². The Morgan fingerprint density at radius 1 is 1.26 bits per heavy atom. The van der Waals surface area contributed by atoms with Crippen LogP contribution in [0.5, 0.6) is 5.75 Å². The molecule has 1 N–H and O–H groups in total. The van der Waals surface area contributed by atoms with Gasteiger partial charge in [0.05, 0.1) is 0 Å². The van der Waals surface area contributed by atoms with Crippen molar-refractivity contribution >= 4 is 29.5 Å². The lowest BCUT2D eigenvalue weighted by Crippen LogP contribution is -2.54. The minimum atomic E-state index is -0.868. The second-order valence-electron chi connectivity index (χ2n) is 6.96. The fourth-order valence-electron chi connectivity index (χ4n) is 3.66. The fraction of sp³-hybridized carbons (Fsp3) is 0.526. The van der Waals surface area contributed by atoms with Gasteiger partial charge in [0.25, 0.3) is 5.91 Å². The van der Waals surface area contributed by atoms with Gasteiger partial charge in [-0.2, -0.15) is 0 Å². The molecule has 1 saturated heterocycles. The number of hydrogen-bond acceptors (Lipinski definition) is 5. The number of benzene rings is 1. The second-order valence-corrected chi connectivity index (χ2v) is 7.40. The maximum absolute atomic E-state index is 12.8. The number of amides is 3. The molecular formula is C19H23ClN2O5. The Hall–Kier alpha value is -2.28. The van der Waals surface area contributed by atoms with Crippen molar-refractivity contribution in [2.45, 2.75) is 38.1 Å². The van der Waals surface area contributed by atoms with Gasteiger partial charge < -0.3 is 14.8 Å². The quantitative estimate of drug-likeness (QED) is 0.455. The van der Waals surface area contributed by atoms with E-state index in [9.17, 15) is 14.4 Å². The summed E-state index contributed by atoms with van der Waals surface area (Å²) in [7, 11) is 0. The largest absolute Gasteiger partial charge is 0.490 e. The molecule has 0 radical (unpaired) electrons. The zero-order valence-corrected chi connectivity index (χ0v) is 16.0. The van der Waals surface area contributed by atoms with Crippen LogP contribution in [0.2, 0.25) is 5.02 Å². The summed E-state index contributed by atoms with van der Waals surface area (Å²) in [4.78, 5) is 38.0. The molecule has 1 aliphatic carbocycles. The van der Waals surface area contributed by atoms with Gasteiger partial charge in [-0.3, -0.25) is 14.5 Å². The Kier molecular flexibility index (Phi) is 5.89. The van der Waals surface area contributed by atoms with E-state index < -0.39 is 17.5 Å². The zero-order chi connectivity index (χ0) is 19.4. The van der Waals surface area contributed by atoms with Crippen molar-refractivity contribution in [3.8, 4) is 5.75 Å². The summed E-state index contributed by atoms with van der Waals surface area (Å²) in [6, 6.07) is 6.29. The number of halogens is 1. The Morgan fingerprint density at radius 3 is 2.70 bits per heavy atom. The molecule has 146 valence electrons. The predicted octanol–water partition coefficient (Wildman–Crippen LogP) is 2.76. The smallest absolute Gasteiger partial charge is 0.326 e. The Labute approximate surface area is 162 Å². The minimum Gasteiger partial charge on any atom is -0.490 e. The fourth-order valence-corrected chi connectivity index (χ4v) is 3.79. The van der Waals surface area contributed by atoms with Gasteiger partial charge in [-0.15, -0.1) is 0 Å². The first-order valence-electron chi connectivity index (χ1n) is 9.10. The monoisotopic (exact) mass is 394 g/mol. The number of imide groups is 1. The van der Waals surface area contributed by atoms with Crippen molar-refractivity contribution in [3.05, 3.63) is 29.3 Å². The number of esters is 1. The third kappa shape index (κ3) is 4.18. The number of hydrogen-bond donors (Lipinski definition) is 1. The number of carbonyl (C=O) groups is 3. The van der Waals surface area contributed by atoms with Gasteiger partial charge in [-0.05, 0) is 43.0 Å². The van der Waals surface area contributed by atoms with E-state index in [4.69, 9.17) is 21.1 Å². The molecule has 1 aliphatic heterocycles. The van der Waals surface area contributed by atoms with E-state index in [1.807, 2.05) is 6.92 Å². The highest BCUT2D eigenvalue weighted by Crippen LogP contribution is 2.38. The number of nitrogens with one attached hydrogen (secondary N) is 1. The van der Waals surface area contributed by atoms with Crippen LogP contribution in [0.3, 0.4) is 0 Å². The molecule has 7 nitrogen and oxygen atoms in total. The van der Waals surface area contributed by atoms with Crippen molar-refractivity contribution in [3.63, 3.8) is 0 Å². The average molecular weight is 395 g/mol. The van der Waals surface area contributed by atoms with E-state index in [-0.39, 0.29) is 31.6 Å². The van der Waals surface area contributed by atoms with Crippen LogP contribution >= 0.6 is 11.6 Å². The lowest BCUT2D eigenvalue weighted by molar-refractivity contribution is -0.149. The van der Waals surface area contributed by atoms with Gasteiger partial charge in [0.15, 0.2) is 0 Å². The molecule has 2 atom stereocenters. The van der Waals surface area contributed by atoms with Crippen molar-refractivity contribution in [2.75, 3.05) is 19.8 Å². The molecule has 2 fully saturated rings. The summed E-state index contributed by atoms with van der Waals surface area (Å²) >= 11 is 5.79. The van der Waals surface area contributed by atoms with Crippen LogP contribution in [-0.4, -0.2) is 48.1 Å². The standard InChI is InChI=1S/C19H23ClN2O5/c1-13-4-2-3-9-19(13)17(24)22(18(25)21-19)12-16(23)27-11-10-26-15-7-5-14(20)6-8-15/h5-8,13H,2-4,9-12H2,1H3,(H,21,25)/t13-,19+/m1/s1. The maximum Gasteiger partial charge on any atom is 0.326 e. The molecule has 1 aromatic carbocycles. The van der Waals surface area contributed by atoms with Gasteiger partial charge in [0, 0.05) is 5.02 Å². The molecule has 0 bridgehead atoms. The first-order chi connectivity index (χ1) is 12.9. The molecule has 8 heteroatoms. The highest BCUT2D eigenvalue weighted by atomic mass is 35.5. The zero-order valence-electron chi connectivity index (χ0n) is 15.2. The summed E-state index contributed by atoms with van der Waals surface area (Å²) in [6.07, 6.45) is 3.42. The van der Waals surface area contributed by atoms with E-state index >= 15 is 0 Å². The molecular weight excluding hydrogens is 372 g/mol. The molecule has 1 aromatic rings. The summed E-state index contributed by atoms with van der Waals surface area (Å²) in [5.41, 5.74) is -0.868. The lowest BCUT2D eigenvalue weighted by atomic mass is 9.73. The first kappa shape index (κ1) is 19.5. The summed E-state index contributed by atoms with van der Waals surface area (Å²) in [6.45, 7) is 1.76. The van der Waals surface area contributed by atoms with Crippen LogP contribution in [0, 0.1) is 5.92 Å². The van der Waals surface area contributed by atoms with Crippen molar-refractivity contribution in [1.29, 1.82) is 0 Å².